The molecule has 0 aliphatic rings. The van der Waals surface area contributed by atoms with Crippen LogP contribution in [0.3, 0.4) is 0 Å². The molecular formula is C68H126O6. The second-order valence-electron chi connectivity index (χ2n) is 22.4. The topological polar surface area (TPSA) is 78.9 Å². The van der Waals surface area contributed by atoms with E-state index in [0.717, 1.165) is 77.0 Å². The zero-order chi connectivity index (χ0) is 53.6. The summed E-state index contributed by atoms with van der Waals surface area (Å²) in [5.74, 6) is -0.864. The summed E-state index contributed by atoms with van der Waals surface area (Å²) in [4.78, 5) is 38.2. The lowest BCUT2D eigenvalue weighted by atomic mass is 10.0. The van der Waals surface area contributed by atoms with Crippen molar-refractivity contribution in [2.75, 3.05) is 13.2 Å². The zero-order valence-electron chi connectivity index (χ0n) is 49.9. The summed E-state index contributed by atoms with van der Waals surface area (Å²) in [7, 11) is 0. The molecule has 1 unspecified atom stereocenters. The van der Waals surface area contributed by atoms with Gasteiger partial charge in [-0.2, -0.15) is 0 Å². The molecule has 74 heavy (non-hydrogen) atoms. The fourth-order valence-electron chi connectivity index (χ4n) is 9.92. The minimum absolute atomic E-state index is 0.0725. The maximum atomic E-state index is 12.9. The Morgan fingerprint density at radius 1 is 0.270 bits per heavy atom. The van der Waals surface area contributed by atoms with Gasteiger partial charge in [0.1, 0.15) is 13.2 Å². The predicted molar refractivity (Wildman–Crippen MR) is 321 cm³/mol. The van der Waals surface area contributed by atoms with Gasteiger partial charge in [-0.15, -0.1) is 0 Å². The van der Waals surface area contributed by atoms with E-state index in [1.54, 1.807) is 0 Å². The van der Waals surface area contributed by atoms with E-state index in [1.165, 1.54) is 244 Å². The molecule has 0 rings (SSSR count). The Hall–Kier alpha value is -2.37. The van der Waals surface area contributed by atoms with Crippen molar-refractivity contribution in [3.05, 3.63) is 36.5 Å². The molecule has 0 aromatic carbocycles. The fraction of sp³-hybridized carbons (Fsp3) is 0.868. The van der Waals surface area contributed by atoms with Crippen molar-refractivity contribution in [2.45, 2.75) is 367 Å². The Bertz CT molecular complexity index is 1240. The monoisotopic (exact) mass is 1040 g/mol. The van der Waals surface area contributed by atoms with Gasteiger partial charge in [-0.1, -0.05) is 320 Å². The second-order valence-corrected chi connectivity index (χ2v) is 22.4. The first-order valence-electron chi connectivity index (χ1n) is 33.0. The third-order valence-corrected chi connectivity index (χ3v) is 14.9. The third-order valence-electron chi connectivity index (χ3n) is 14.9. The molecule has 0 radical (unpaired) electrons. The number of hydrogen-bond donors (Lipinski definition) is 0. The van der Waals surface area contributed by atoms with Crippen molar-refractivity contribution in [1.82, 2.24) is 0 Å². The van der Waals surface area contributed by atoms with E-state index in [0.29, 0.717) is 19.3 Å². The van der Waals surface area contributed by atoms with Crippen molar-refractivity contribution in [3.8, 4) is 0 Å². The Balaban J connectivity index is 4.16. The van der Waals surface area contributed by atoms with E-state index in [2.05, 4.69) is 57.2 Å². The van der Waals surface area contributed by atoms with Gasteiger partial charge < -0.3 is 14.2 Å². The van der Waals surface area contributed by atoms with Crippen LogP contribution in [0.15, 0.2) is 36.5 Å². The maximum absolute atomic E-state index is 12.9. The highest BCUT2D eigenvalue weighted by Gasteiger charge is 2.19. The highest BCUT2D eigenvalue weighted by atomic mass is 16.6. The van der Waals surface area contributed by atoms with Crippen LogP contribution in [0, 0.1) is 0 Å². The van der Waals surface area contributed by atoms with Crippen molar-refractivity contribution < 1.29 is 28.6 Å². The highest BCUT2D eigenvalue weighted by molar-refractivity contribution is 5.71. The van der Waals surface area contributed by atoms with Crippen molar-refractivity contribution >= 4 is 17.9 Å². The summed E-state index contributed by atoms with van der Waals surface area (Å²) < 4.78 is 16.9. The minimum Gasteiger partial charge on any atom is -0.462 e. The summed E-state index contributed by atoms with van der Waals surface area (Å²) in [6.45, 7) is 6.65. The van der Waals surface area contributed by atoms with Gasteiger partial charge in [0.05, 0.1) is 0 Å². The largest absolute Gasteiger partial charge is 0.462 e. The summed E-state index contributed by atoms with van der Waals surface area (Å²) in [6, 6.07) is 0. The normalized spacial score (nSPS) is 12.2. The van der Waals surface area contributed by atoms with E-state index in [-0.39, 0.29) is 31.1 Å². The van der Waals surface area contributed by atoms with Crippen LogP contribution in [0.5, 0.6) is 0 Å². The number of carbonyl (C=O) groups excluding carboxylic acids is 3. The van der Waals surface area contributed by atoms with E-state index >= 15 is 0 Å². The van der Waals surface area contributed by atoms with Crippen molar-refractivity contribution in [3.63, 3.8) is 0 Å². The number of esters is 3. The SMILES string of the molecule is CCCCC/C=C\C/C=C\C/C=C\CCCCCCCCC(=O)OC(COC(=O)CCCCCCCCCCCC)COC(=O)CCCCCCCCCCCCCCCCCCCCCCCCCCCCC. The molecular weight excluding hydrogens is 913 g/mol. The Kier molecular flexibility index (Phi) is 61.1. The van der Waals surface area contributed by atoms with Gasteiger partial charge in [-0.25, -0.2) is 0 Å². The smallest absolute Gasteiger partial charge is 0.306 e. The first-order chi connectivity index (χ1) is 36.5. The molecule has 0 aliphatic heterocycles. The van der Waals surface area contributed by atoms with Crippen LogP contribution < -0.4 is 0 Å². The van der Waals surface area contributed by atoms with E-state index < -0.39 is 6.10 Å². The molecule has 0 aromatic heterocycles. The number of carbonyl (C=O) groups is 3. The third kappa shape index (κ3) is 60.5. The molecule has 434 valence electrons. The molecule has 0 N–H and O–H groups in total. The van der Waals surface area contributed by atoms with E-state index in [4.69, 9.17) is 14.2 Å². The molecule has 0 spiro atoms. The summed E-state index contributed by atoms with van der Waals surface area (Å²) >= 11 is 0. The Morgan fingerprint density at radius 3 is 0.784 bits per heavy atom. The van der Waals surface area contributed by atoms with Crippen LogP contribution in [0.25, 0.3) is 0 Å². The lowest BCUT2D eigenvalue weighted by Crippen LogP contribution is -2.30. The number of unbranched alkanes of at least 4 members (excludes halogenated alkanes) is 44. The van der Waals surface area contributed by atoms with Crippen molar-refractivity contribution in [1.29, 1.82) is 0 Å². The summed E-state index contributed by atoms with van der Waals surface area (Å²) in [5, 5.41) is 0. The zero-order valence-corrected chi connectivity index (χ0v) is 49.9. The van der Waals surface area contributed by atoms with Gasteiger partial charge in [-0.05, 0) is 57.8 Å². The molecule has 6 heteroatoms. The molecule has 0 bridgehead atoms. The number of hydrogen-bond acceptors (Lipinski definition) is 6. The molecule has 0 aromatic rings. The minimum atomic E-state index is -0.775. The van der Waals surface area contributed by atoms with Gasteiger partial charge in [-0.3, -0.25) is 14.4 Å². The molecule has 0 heterocycles. The van der Waals surface area contributed by atoms with Gasteiger partial charge in [0.15, 0.2) is 6.10 Å². The van der Waals surface area contributed by atoms with Crippen LogP contribution in [-0.4, -0.2) is 37.2 Å². The molecule has 0 saturated carbocycles. The number of ether oxygens (including phenoxy) is 3. The number of allylic oxidation sites excluding steroid dienone is 6. The molecule has 0 amide bonds. The van der Waals surface area contributed by atoms with Crippen LogP contribution in [-0.2, 0) is 28.6 Å². The summed E-state index contributed by atoms with van der Waals surface area (Å²) in [5.41, 5.74) is 0. The van der Waals surface area contributed by atoms with Crippen LogP contribution >= 0.6 is 0 Å². The van der Waals surface area contributed by atoms with Crippen molar-refractivity contribution in [2.24, 2.45) is 0 Å². The van der Waals surface area contributed by atoms with Crippen LogP contribution in [0.4, 0.5) is 0 Å². The van der Waals surface area contributed by atoms with E-state index in [1.807, 2.05) is 0 Å². The summed E-state index contributed by atoms with van der Waals surface area (Å²) in [6.07, 6.45) is 77.4. The van der Waals surface area contributed by atoms with Gasteiger partial charge in [0, 0.05) is 19.3 Å². The maximum Gasteiger partial charge on any atom is 0.306 e. The standard InChI is InChI=1S/C68H126O6/c1-4-7-10-13-16-19-22-24-26-28-30-31-32-33-34-35-36-37-39-40-42-44-46-49-52-55-58-61-67(70)73-64-65(63-72-66(69)60-57-54-51-48-21-18-15-12-9-6-3)74-68(71)62-59-56-53-50-47-45-43-41-38-29-27-25-23-20-17-14-11-8-5-2/h17,20,25,27,38,41,65H,4-16,18-19,21-24,26,28-37,39-40,42-64H2,1-3H3/b20-17-,27-25-,41-38-. The highest BCUT2D eigenvalue weighted by Crippen LogP contribution is 2.18. The van der Waals surface area contributed by atoms with Crippen LogP contribution in [0.1, 0.15) is 361 Å². The van der Waals surface area contributed by atoms with E-state index in [9.17, 15) is 14.4 Å². The Morgan fingerprint density at radius 2 is 0.486 bits per heavy atom. The average Bonchev–Trinajstić information content (AvgIpc) is 3.40. The molecule has 6 nitrogen and oxygen atoms in total. The molecule has 0 fully saturated rings. The second kappa shape index (κ2) is 63.2. The lowest BCUT2D eigenvalue weighted by molar-refractivity contribution is -0.167. The Labute approximate surface area is 461 Å². The quantitative estimate of drug-likeness (QED) is 0.0261. The van der Waals surface area contributed by atoms with Gasteiger partial charge >= 0.3 is 17.9 Å². The first kappa shape index (κ1) is 71.6. The first-order valence-corrected chi connectivity index (χ1v) is 33.0. The molecule has 1 atom stereocenters. The van der Waals surface area contributed by atoms with Crippen LogP contribution in [0.2, 0.25) is 0 Å². The number of rotatable bonds is 61. The average molecular weight is 1040 g/mol. The molecule has 0 saturated heterocycles. The van der Waals surface area contributed by atoms with Gasteiger partial charge in [0.25, 0.3) is 0 Å². The fourth-order valence-corrected chi connectivity index (χ4v) is 9.92. The predicted octanol–water partition coefficient (Wildman–Crippen LogP) is 22.4. The van der Waals surface area contributed by atoms with Gasteiger partial charge in [0.2, 0.25) is 0 Å². The molecule has 0 aliphatic carbocycles. The lowest BCUT2D eigenvalue weighted by Gasteiger charge is -2.18.